The van der Waals surface area contributed by atoms with Crippen molar-refractivity contribution in [2.75, 3.05) is 6.26 Å². The number of nitrogens with zero attached hydrogens (tertiary/aromatic N) is 2. The first-order valence-corrected chi connectivity index (χ1v) is 10.6. The van der Waals surface area contributed by atoms with Crippen molar-refractivity contribution in [3.8, 4) is 0 Å². The van der Waals surface area contributed by atoms with Gasteiger partial charge in [-0.05, 0) is 48.7 Å². The topological polar surface area (TPSA) is 89.3 Å². The number of hydrogen-bond donors (Lipinski definition) is 1. The largest absolute Gasteiger partial charge is 0.481 e. The average molecular weight is 386 g/mol. The molecule has 3 rings (SSSR count). The van der Waals surface area contributed by atoms with Gasteiger partial charge in [-0.3, -0.25) is 4.79 Å². The Labute approximate surface area is 158 Å². The van der Waals surface area contributed by atoms with Crippen LogP contribution in [0, 0.1) is 6.92 Å². The molecule has 0 atom stereocenters. The molecule has 2 aromatic heterocycles. The van der Waals surface area contributed by atoms with E-state index in [-0.39, 0.29) is 11.3 Å². The number of aromatic nitrogens is 2. The Balaban J connectivity index is 2.09. The lowest BCUT2D eigenvalue weighted by atomic mass is 10.1. The van der Waals surface area contributed by atoms with E-state index in [0.29, 0.717) is 6.54 Å². The predicted octanol–water partition coefficient (Wildman–Crippen LogP) is 2.99. The average Bonchev–Trinajstić information content (AvgIpc) is 2.86. The summed E-state index contributed by atoms with van der Waals surface area (Å²) < 4.78 is 25.3. The van der Waals surface area contributed by atoms with Gasteiger partial charge in [-0.1, -0.05) is 19.1 Å². The molecule has 7 heteroatoms. The number of rotatable bonds is 6. The minimum Gasteiger partial charge on any atom is -0.481 e. The minimum absolute atomic E-state index is 0.0600. The zero-order valence-corrected chi connectivity index (χ0v) is 16.4. The maximum Gasteiger partial charge on any atom is 0.307 e. The number of aryl methyl sites for hydroxylation is 1. The van der Waals surface area contributed by atoms with E-state index in [1.165, 1.54) is 6.26 Å². The van der Waals surface area contributed by atoms with Gasteiger partial charge in [0.2, 0.25) is 0 Å². The maximum absolute atomic E-state index is 11.6. The fourth-order valence-electron chi connectivity index (χ4n) is 3.23. The molecule has 1 aromatic carbocycles. The van der Waals surface area contributed by atoms with Crippen molar-refractivity contribution in [1.82, 2.24) is 9.55 Å². The number of carboxylic acids is 1. The third kappa shape index (κ3) is 3.88. The summed E-state index contributed by atoms with van der Waals surface area (Å²) >= 11 is 0. The van der Waals surface area contributed by atoms with Gasteiger partial charge in [0, 0.05) is 29.6 Å². The van der Waals surface area contributed by atoms with Gasteiger partial charge in [0.25, 0.3) is 0 Å². The van der Waals surface area contributed by atoms with Crippen LogP contribution in [-0.2, 0) is 34.0 Å². The van der Waals surface area contributed by atoms with E-state index < -0.39 is 15.8 Å². The van der Waals surface area contributed by atoms with Crippen LogP contribution in [0.5, 0.6) is 0 Å². The van der Waals surface area contributed by atoms with Gasteiger partial charge in [-0.15, -0.1) is 0 Å². The lowest BCUT2D eigenvalue weighted by Gasteiger charge is -2.09. The Kier molecular flexibility index (Phi) is 5.06. The van der Waals surface area contributed by atoms with Crippen LogP contribution in [0.25, 0.3) is 11.0 Å². The van der Waals surface area contributed by atoms with Crippen molar-refractivity contribution in [3.63, 3.8) is 0 Å². The lowest BCUT2D eigenvalue weighted by molar-refractivity contribution is -0.136. The van der Waals surface area contributed by atoms with E-state index >= 15 is 0 Å². The Bertz CT molecular complexity index is 1110. The van der Waals surface area contributed by atoms with Crippen molar-refractivity contribution >= 4 is 26.8 Å². The molecular formula is C20H22N2O4S. The van der Waals surface area contributed by atoms with Gasteiger partial charge in [0.1, 0.15) is 5.65 Å². The summed E-state index contributed by atoms with van der Waals surface area (Å²) in [4.78, 5) is 16.3. The SMILES string of the molecule is CCc1ccc2c(CC(=O)O)c(C)n(Cc3ccc(S(C)(=O)=O)cc3)c2n1. The highest BCUT2D eigenvalue weighted by atomic mass is 32.2. The van der Waals surface area contributed by atoms with Crippen LogP contribution in [0.1, 0.15) is 29.4 Å². The van der Waals surface area contributed by atoms with Crippen LogP contribution in [-0.4, -0.2) is 35.3 Å². The van der Waals surface area contributed by atoms with Crippen LogP contribution in [0.4, 0.5) is 0 Å². The van der Waals surface area contributed by atoms with Crippen molar-refractivity contribution < 1.29 is 18.3 Å². The number of fused-ring (bicyclic) bond motifs is 1. The minimum atomic E-state index is -3.24. The quantitative estimate of drug-likeness (QED) is 0.703. The first-order chi connectivity index (χ1) is 12.7. The standard InChI is InChI=1S/C20H22N2O4S/c1-4-15-7-10-17-18(11-19(23)24)13(2)22(20(17)21-15)12-14-5-8-16(9-6-14)27(3,25)26/h5-10H,4,11-12H2,1-3H3,(H,23,24). The summed E-state index contributed by atoms with van der Waals surface area (Å²) in [6.07, 6.45) is 1.91. The normalized spacial score (nSPS) is 11.8. The smallest absolute Gasteiger partial charge is 0.307 e. The molecule has 3 aromatic rings. The van der Waals surface area contributed by atoms with E-state index in [4.69, 9.17) is 4.98 Å². The van der Waals surface area contributed by atoms with Crippen molar-refractivity contribution in [2.45, 2.75) is 38.1 Å². The summed E-state index contributed by atoms with van der Waals surface area (Å²) in [7, 11) is -3.24. The molecule has 27 heavy (non-hydrogen) atoms. The Morgan fingerprint density at radius 1 is 1.15 bits per heavy atom. The first-order valence-electron chi connectivity index (χ1n) is 8.69. The van der Waals surface area contributed by atoms with E-state index in [0.717, 1.165) is 40.0 Å². The molecule has 0 aliphatic rings. The van der Waals surface area contributed by atoms with Crippen molar-refractivity contribution in [2.24, 2.45) is 0 Å². The molecule has 0 amide bonds. The molecule has 0 saturated carbocycles. The molecule has 0 spiro atoms. The van der Waals surface area contributed by atoms with Gasteiger partial charge in [-0.2, -0.15) is 0 Å². The monoisotopic (exact) mass is 386 g/mol. The van der Waals surface area contributed by atoms with Crippen molar-refractivity contribution in [1.29, 1.82) is 0 Å². The molecule has 0 saturated heterocycles. The summed E-state index contributed by atoms with van der Waals surface area (Å²) in [6.45, 7) is 4.42. The second-order valence-corrected chi connectivity index (χ2v) is 8.68. The Morgan fingerprint density at radius 2 is 1.81 bits per heavy atom. The molecular weight excluding hydrogens is 364 g/mol. The second kappa shape index (κ2) is 7.15. The lowest BCUT2D eigenvalue weighted by Crippen LogP contribution is -2.06. The van der Waals surface area contributed by atoms with E-state index in [2.05, 4.69) is 0 Å². The van der Waals surface area contributed by atoms with Gasteiger partial charge in [-0.25, -0.2) is 13.4 Å². The molecule has 142 valence electrons. The van der Waals surface area contributed by atoms with E-state index in [1.54, 1.807) is 24.3 Å². The third-order valence-corrected chi connectivity index (χ3v) is 5.87. The Hall–Kier alpha value is -2.67. The maximum atomic E-state index is 11.6. The van der Waals surface area contributed by atoms with Crippen LogP contribution in [0.2, 0.25) is 0 Å². The highest BCUT2D eigenvalue weighted by molar-refractivity contribution is 7.90. The molecule has 0 unspecified atom stereocenters. The van der Waals surface area contributed by atoms with Crippen LogP contribution >= 0.6 is 0 Å². The molecule has 1 N–H and O–H groups in total. The highest BCUT2D eigenvalue weighted by Gasteiger charge is 2.18. The summed E-state index contributed by atoms with van der Waals surface area (Å²) in [5.41, 5.74) is 4.25. The molecule has 0 radical (unpaired) electrons. The number of aliphatic carboxylic acids is 1. The second-order valence-electron chi connectivity index (χ2n) is 6.66. The van der Waals surface area contributed by atoms with Crippen molar-refractivity contribution in [3.05, 3.63) is 58.9 Å². The fraction of sp³-hybridized carbons (Fsp3) is 0.300. The molecule has 0 aliphatic carbocycles. The number of carboxylic acid groups (broad SMARTS) is 1. The molecule has 0 fully saturated rings. The highest BCUT2D eigenvalue weighted by Crippen LogP contribution is 2.27. The predicted molar refractivity (Wildman–Crippen MR) is 104 cm³/mol. The summed E-state index contributed by atoms with van der Waals surface area (Å²) in [5.74, 6) is -0.880. The number of carbonyl (C=O) groups is 1. The van der Waals surface area contributed by atoms with Gasteiger partial charge >= 0.3 is 5.97 Å². The van der Waals surface area contributed by atoms with Gasteiger partial charge in [0.15, 0.2) is 9.84 Å². The molecule has 6 nitrogen and oxygen atoms in total. The van der Waals surface area contributed by atoms with E-state index in [9.17, 15) is 18.3 Å². The van der Waals surface area contributed by atoms with E-state index in [1.807, 2.05) is 30.5 Å². The molecule has 2 heterocycles. The Morgan fingerprint density at radius 3 is 2.37 bits per heavy atom. The molecule has 0 aliphatic heterocycles. The number of benzene rings is 1. The first kappa shape index (κ1) is 19.1. The third-order valence-electron chi connectivity index (χ3n) is 4.74. The fourth-order valence-corrected chi connectivity index (χ4v) is 3.87. The molecule has 0 bridgehead atoms. The zero-order valence-electron chi connectivity index (χ0n) is 15.6. The number of pyridine rings is 1. The van der Waals surface area contributed by atoms with Gasteiger partial charge in [0.05, 0.1) is 11.3 Å². The zero-order chi connectivity index (χ0) is 19.8. The van der Waals surface area contributed by atoms with Crippen LogP contribution in [0.15, 0.2) is 41.3 Å². The summed E-state index contributed by atoms with van der Waals surface area (Å²) in [6, 6.07) is 10.6. The number of sulfone groups is 1. The number of hydrogen-bond acceptors (Lipinski definition) is 4. The van der Waals surface area contributed by atoms with Gasteiger partial charge < -0.3 is 9.67 Å². The van der Waals surface area contributed by atoms with Crippen LogP contribution in [0.3, 0.4) is 0 Å². The van der Waals surface area contributed by atoms with Crippen LogP contribution < -0.4 is 0 Å². The summed E-state index contributed by atoms with van der Waals surface area (Å²) in [5, 5.41) is 10.1.